The van der Waals surface area contributed by atoms with Gasteiger partial charge in [0.05, 0.1) is 6.61 Å². The summed E-state index contributed by atoms with van der Waals surface area (Å²) in [4.78, 5) is 0. The minimum absolute atomic E-state index is 0.470. The second-order valence-corrected chi connectivity index (χ2v) is 5.36. The van der Waals surface area contributed by atoms with E-state index in [1.165, 1.54) is 12.0 Å². The Bertz CT molecular complexity index is 550. The summed E-state index contributed by atoms with van der Waals surface area (Å²) in [5.41, 5.74) is 1.23. The monoisotopic (exact) mass is 283 g/mol. The minimum atomic E-state index is 0.470. The second kappa shape index (κ2) is 7.25. The van der Waals surface area contributed by atoms with Crippen LogP contribution in [0.3, 0.4) is 0 Å². The van der Waals surface area contributed by atoms with Crippen LogP contribution in [0.15, 0.2) is 54.6 Å². The summed E-state index contributed by atoms with van der Waals surface area (Å²) in [6, 6.07) is 18.6. The summed E-state index contributed by atoms with van der Waals surface area (Å²) in [5.74, 6) is 1.74. The van der Waals surface area contributed by atoms with E-state index in [-0.39, 0.29) is 0 Å². The van der Waals surface area contributed by atoms with Gasteiger partial charge in [0.2, 0.25) is 0 Å². The van der Waals surface area contributed by atoms with Gasteiger partial charge < -0.3 is 14.8 Å². The van der Waals surface area contributed by atoms with Gasteiger partial charge in [-0.1, -0.05) is 30.3 Å². The van der Waals surface area contributed by atoms with Crippen LogP contribution in [-0.2, 0) is 11.3 Å². The molecule has 1 N–H and O–H groups in total. The normalized spacial score (nSPS) is 18.4. The SMILES string of the molecule is c1ccc(Oc2cccc(CNC3CCCOC3)c2)cc1. The average molecular weight is 283 g/mol. The standard InChI is InChI=1S/C18H21NO2/c1-2-8-17(9-3-1)21-18-10-4-6-15(12-18)13-19-16-7-5-11-20-14-16/h1-4,6,8-10,12,16,19H,5,7,11,13-14H2. The molecule has 3 nitrogen and oxygen atoms in total. The third-order valence-corrected chi connectivity index (χ3v) is 3.63. The Labute approximate surface area is 125 Å². The third kappa shape index (κ3) is 4.31. The quantitative estimate of drug-likeness (QED) is 0.906. The van der Waals surface area contributed by atoms with Crippen LogP contribution in [0.25, 0.3) is 0 Å². The first-order chi connectivity index (χ1) is 10.4. The van der Waals surface area contributed by atoms with E-state index in [2.05, 4.69) is 17.4 Å². The molecule has 1 unspecified atom stereocenters. The highest BCUT2D eigenvalue weighted by atomic mass is 16.5. The molecule has 0 bridgehead atoms. The van der Waals surface area contributed by atoms with Crippen molar-refractivity contribution in [1.29, 1.82) is 0 Å². The van der Waals surface area contributed by atoms with Gasteiger partial charge in [-0.05, 0) is 42.7 Å². The molecule has 0 radical (unpaired) electrons. The molecule has 2 aromatic carbocycles. The van der Waals surface area contributed by atoms with Crippen molar-refractivity contribution in [1.82, 2.24) is 5.32 Å². The van der Waals surface area contributed by atoms with Crippen molar-refractivity contribution < 1.29 is 9.47 Å². The van der Waals surface area contributed by atoms with Crippen LogP contribution < -0.4 is 10.1 Å². The molecule has 1 atom stereocenters. The van der Waals surface area contributed by atoms with Crippen molar-refractivity contribution in [3.8, 4) is 11.5 Å². The van der Waals surface area contributed by atoms with E-state index < -0.39 is 0 Å². The van der Waals surface area contributed by atoms with Crippen molar-refractivity contribution >= 4 is 0 Å². The number of ether oxygens (including phenoxy) is 2. The molecule has 0 spiro atoms. The molecular weight excluding hydrogens is 262 g/mol. The van der Waals surface area contributed by atoms with Gasteiger partial charge in [-0.15, -0.1) is 0 Å². The van der Waals surface area contributed by atoms with E-state index in [9.17, 15) is 0 Å². The Hall–Kier alpha value is -1.84. The highest BCUT2D eigenvalue weighted by Gasteiger charge is 2.12. The lowest BCUT2D eigenvalue weighted by Gasteiger charge is -2.23. The number of hydrogen-bond acceptors (Lipinski definition) is 3. The molecule has 1 saturated heterocycles. The van der Waals surface area contributed by atoms with Crippen molar-refractivity contribution in [3.05, 3.63) is 60.2 Å². The summed E-state index contributed by atoms with van der Waals surface area (Å²) in [7, 11) is 0. The molecule has 3 rings (SSSR count). The van der Waals surface area contributed by atoms with Crippen LogP contribution >= 0.6 is 0 Å². The van der Waals surface area contributed by atoms with Crippen LogP contribution in [0.2, 0.25) is 0 Å². The molecule has 21 heavy (non-hydrogen) atoms. The molecule has 0 amide bonds. The Morgan fingerprint density at radius 1 is 1.05 bits per heavy atom. The molecule has 110 valence electrons. The molecular formula is C18H21NO2. The Morgan fingerprint density at radius 3 is 2.71 bits per heavy atom. The van der Waals surface area contributed by atoms with Gasteiger partial charge >= 0.3 is 0 Å². The first kappa shape index (κ1) is 14.1. The van der Waals surface area contributed by atoms with Crippen LogP contribution in [0.1, 0.15) is 18.4 Å². The zero-order valence-electron chi connectivity index (χ0n) is 12.1. The van der Waals surface area contributed by atoms with Gasteiger partial charge in [-0.25, -0.2) is 0 Å². The fourth-order valence-electron chi connectivity index (χ4n) is 2.51. The van der Waals surface area contributed by atoms with Crippen molar-refractivity contribution in [2.24, 2.45) is 0 Å². The molecule has 1 aliphatic heterocycles. The predicted molar refractivity (Wildman–Crippen MR) is 83.6 cm³/mol. The summed E-state index contributed by atoms with van der Waals surface area (Å²) in [5, 5.41) is 3.55. The van der Waals surface area contributed by atoms with Gasteiger partial charge in [0, 0.05) is 19.2 Å². The van der Waals surface area contributed by atoms with Crippen molar-refractivity contribution in [3.63, 3.8) is 0 Å². The van der Waals surface area contributed by atoms with Gasteiger partial charge in [0.1, 0.15) is 11.5 Å². The Balaban J connectivity index is 1.57. The Morgan fingerprint density at radius 2 is 1.90 bits per heavy atom. The summed E-state index contributed by atoms with van der Waals surface area (Å²) in [6.07, 6.45) is 2.34. The maximum absolute atomic E-state index is 5.86. The average Bonchev–Trinajstić information content (AvgIpc) is 2.55. The van der Waals surface area contributed by atoms with Gasteiger partial charge in [0.25, 0.3) is 0 Å². The molecule has 1 fully saturated rings. The topological polar surface area (TPSA) is 30.5 Å². The number of benzene rings is 2. The smallest absolute Gasteiger partial charge is 0.127 e. The van der Waals surface area contributed by atoms with E-state index in [0.29, 0.717) is 6.04 Å². The summed E-state index contributed by atoms with van der Waals surface area (Å²) < 4.78 is 11.3. The van der Waals surface area contributed by atoms with E-state index in [1.54, 1.807) is 0 Å². The first-order valence-electron chi connectivity index (χ1n) is 7.53. The van der Waals surface area contributed by atoms with Gasteiger partial charge in [-0.3, -0.25) is 0 Å². The van der Waals surface area contributed by atoms with Crippen molar-refractivity contribution in [2.75, 3.05) is 13.2 Å². The number of para-hydroxylation sites is 1. The van der Waals surface area contributed by atoms with Crippen LogP contribution in [0.5, 0.6) is 11.5 Å². The van der Waals surface area contributed by atoms with E-state index in [1.807, 2.05) is 42.5 Å². The third-order valence-electron chi connectivity index (χ3n) is 3.63. The zero-order valence-corrected chi connectivity index (χ0v) is 12.1. The fraction of sp³-hybridized carbons (Fsp3) is 0.333. The first-order valence-corrected chi connectivity index (χ1v) is 7.53. The maximum atomic E-state index is 5.86. The molecule has 0 aliphatic carbocycles. The number of hydrogen-bond donors (Lipinski definition) is 1. The van der Waals surface area contributed by atoms with Gasteiger partial charge in [-0.2, -0.15) is 0 Å². The van der Waals surface area contributed by atoms with Gasteiger partial charge in [0.15, 0.2) is 0 Å². The summed E-state index contributed by atoms with van der Waals surface area (Å²) in [6.45, 7) is 2.57. The lowest BCUT2D eigenvalue weighted by molar-refractivity contribution is 0.0699. The summed E-state index contributed by atoms with van der Waals surface area (Å²) >= 11 is 0. The highest BCUT2D eigenvalue weighted by molar-refractivity contribution is 5.33. The van der Waals surface area contributed by atoms with E-state index in [0.717, 1.165) is 37.7 Å². The lowest BCUT2D eigenvalue weighted by Crippen LogP contribution is -2.36. The van der Waals surface area contributed by atoms with E-state index in [4.69, 9.17) is 9.47 Å². The van der Waals surface area contributed by atoms with E-state index >= 15 is 0 Å². The second-order valence-electron chi connectivity index (χ2n) is 5.36. The number of nitrogens with one attached hydrogen (secondary N) is 1. The highest BCUT2D eigenvalue weighted by Crippen LogP contribution is 2.21. The largest absolute Gasteiger partial charge is 0.457 e. The van der Waals surface area contributed by atoms with Crippen molar-refractivity contribution in [2.45, 2.75) is 25.4 Å². The zero-order chi connectivity index (χ0) is 14.3. The molecule has 1 aliphatic rings. The molecule has 1 heterocycles. The predicted octanol–water partition coefficient (Wildman–Crippen LogP) is 3.75. The fourth-order valence-corrected chi connectivity index (χ4v) is 2.51. The molecule has 0 saturated carbocycles. The Kier molecular flexibility index (Phi) is 4.87. The number of rotatable bonds is 5. The van der Waals surface area contributed by atoms with Crippen LogP contribution in [-0.4, -0.2) is 19.3 Å². The maximum Gasteiger partial charge on any atom is 0.127 e. The molecule has 3 heteroatoms. The molecule has 2 aromatic rings. The molecule has 0 aromatic heterocycles. The van der Waals surface area contributed by atoms with Crippen LogP contribution in [0, 0.1) is 0 Å². The van der Waals surface area contributed by atoms with Crippen LogP contribution in [0.4, 0.5) is 0 Å². The minimum Gasteiger partial charge on any atom is -0.457 e. The lowest BCUT2D eigenvalue weighted by atomic mass is 10.1.